The number of aliphatic hydroxyl groups is 1. The zero-order valence-corrected chi connectivity index (χ0v) is 28.4. The lowest BCUT2D eigenvalue weighted by Crippen LogP contribution is -2.28. The number of carbonyl (C=O) groups is 2. The zero-order chi connectivity index (χ0) is 32.2. The Balaban J connectivity index is 3.68. The average molecular weight is 615 g/mol. The summed E-state index contributed by atoms with van der Waals surface area (Å²) in [4.78, 5) is 24.1. The Morgan fingerprint density at radius 2 is 0.977 bits per heavy atom. The molecule has 1 N–H and O–H groups in total. The fraction of sp³-hybridized carbons (Fsp3) is 0.692. The molecule has 0 aromatic rings. The summed E-state index contributed by atoms with van der Waals surface area (Å²) < 4.78 is 10.5. The molecule has 44 heavy (non-hydrogen) atoms. The normalized spacial score (nSPS) is 12.9. The van der Waals surface area contributed by atoms with E-state index in [0.29, 0.717) is 12.8 Å². The molecule has 5 heteroatoms. The highest BCUT2D eigenvalue weighted by Crippen LogP contribution is 2.11. The van der Waals surface area contributed by atoms with Crippen molar-refractivity contribution < 1.29 is 24.2 Å². The van der Waals surface area contributed by atoms with Crippen molar-refractivity contribution in [1.82, 2.24) is 0 Å². The number of allylic oxidation sites excluding steroid dienone is 10. The van der Waals surface area contributed by atoms with E-state index in [4.69, 9.17) is 9.47 Å². The molecule has 1 unspecified atom stereocenters. The van der Waals surface area contributed by atoms with Gasteiger partial charge in [-0.3, -0.25) is 9.59 Å². The molecule has 0 aliphatic carbocycles. The SMILES string of the molecule is CCC=CCC=CCC=CCC=CCCCCC(=O)OCC(CO)OC(=O)CCCCCCCC=CCCCCCCCC. The van der Waals surface area contributed by atoms with E-state index in [9.17, 15) is 14.7 Å². The molecule has 5 nitrogen and oxygen atoms in total. The minimum Gasteiger partial charge on any atom is -0.462 e. The Labute approximate surface area is 271 Å². The molecule has 252 valence electrons. The van der Waals surface area contributed by atoms with E-state index >= 15 is 0 Å². The fourth-order valence-electron chi connectivity index (χ4n) is 4.60. The first-order valence-electron chi connectivity index (χ1n) is 17.8. The van der Waals surface area contributed by atoms with Gasteiger partial charge in [0.2, 0.25) is 0 Å². The number of aliphatic hydroxyl groups excluding tert-OH is 1. The van der Waals surface area contributed by atoms with Crippen molar-refractivity contribution in [3.8, 4) is 0 Å². The summed E-state index contributed by atoms with van der Waals surface area (Å²) in [5.41, 5.74) is 0. The molecule has 0 aliphatic rings. The third kappa shape index (κ3) is 32.5. The summed E-state index contributed by atoms with van der Waals surface area (Å²) >= 11 is 0. The van der Waals surface area contributed by atoms with Crippen LogP contribution in [-0.2, 0) is 19.1 Å². The summed E-state index contributed by atoms with van der Waals surface area (Å²) in [7, 11) is 0. The minimum atomic E-state index is -0.793. The highest BCUT2D eigenvalue weighted by molar-refractivity contribution is 5.70. The maximum atomic E-state index is 12.1. The lowest BCUT2D eigenvalue weighted by molar-refractivity contribution is -0.161. The second-order valence-electron chi connectivity index (χ2n) is 11.6. The molecule has 1 atom stereocenters. The van der Waals surface area contributed by atoms with E-state index in [1.807, 2.05) is 0 Å². The van der Waals surface area contributed by atoms with Crippen LogP contribution in [0.25, 0.3) is 0 Å². The van der Waals surface area contributed by atoms with Crippen molar-refractivity contribution in [2.24, 2.45) is 0 Å². The molecule has 0 saturated heterocycles. The molecule has 0 aromatic carbocycles. The van der Waals surface area contributed by atoms with Crippen LogP contribution in [-0.4, -0.2) is 36.4 Å². The summed E-state index contributed by atoms with van der Waals surface area (Å²) in [6.07, 6.45) is 44.2. The van der Waals surface area contributed by atoms with Gasteiger partial charge in [0, 0.05) is 12.8 Å². The van der Waals surface area contributed by atoms with Crippen LogP contribution in [0.2, 0.25) is 0 Å². The van der Waals surface area contributed by atoms with E-state index in [1.54, 1.807) is 0 Å². The maximum Gasteiger partial charge on any atom is 0.306 e. The molecular weight excluding hydrogens is 548 g/mol. The van der Waals surface area contributed by atoms with E-state index < -0.39 is 6.10 Å². The lowest BCUT2D eigenvalue weighted by atomic mass is 10.1. The van der Waals surface area contributed by atoms with Gasteiger partial charge in [-0.05, 0) is 77.0 Å². The Morgan fingerprint density at radius 1 is 0.545 bits per heavy atom. The quantitative estimate of drug-likeness (QED) is 0.0478. The predicted molar refractivity (Wildman–Crippen MR) is 187 cm³/mol. The Bertz CT molecular complexity index is 792. The average Bonchev–Trinajstić information content (AvgIpc) is 3.02. The maximum absolute atomic E-state index is 12.1. The number of ether oxygens (including phenoxy) is 2. The van der Waals surface area contributed by atoms with Crippen LogP contribution in [0, 0.1) is 0 Å². The first kappa shape index (κ1) is 41.6. The molecule has 0 bridgehead atoms. The molecular formula is C39H66O5. The van der Waals surface area contributed by atoms with Crippen LogP contribution in [0.15, 0.2) is 60.8 Å². The molecule has 0 saturated carbocycles. The molecule has 0 amide bonds. The van der Waals surface area contributed by atoms with Crippen molar-refractivity contribution in [3.05, 3.63) is 60.8 Å². The van der Waals surface area contributed by atoms with Crippen LogP contribution in [0.5, 0.6) is 0 Å². The van der Waals surface area contributed by atoms with Crippen LogP contribution >= 0.6 is 0 Å². The topological polar surface area (TPSA) is 72.8 Å². The van der Waals surface area contributed by atoms with E-state index in [-0.39, 0.29) is 25.2 Å². The first-order valence-corrected chi connectivity index (χ1v) is 17.8. The number of hydrogen-bond acceptors (Lipinski definition) is 5. The molecule has 0 spiro atoms. The largest absolute Gasteiger partial charge is 0.462 e. The van der Waals surface area contributed by atoms with Gasteiger partial charge in [0.25, 0.3) is 0 Å². The van der Waals surface area contributed by atoms with Crippen LogP contribution < -0.4 is 0 Å². The molecule has 0 fully saturated rings. The summed E-state index contributed by atoms with van der Waals surface area (Å²) in [5.74, 6) is -0.655. The monoisotopic (exact) mass is 614 g/mol. The van der Waals surface area contributed by atoms with Gasteiger partial charge < -0.3 is 14.6 Å². The van der Waals surface area contributed by atoms with Crippen molar-refractivity contribution in [3.63, 3.8) is 0 Å². The Hall–Kier alpha value is -2.40. The Kier molecular flexibility index (Phi) is 33.2. The van der Waals surface area contributed by atoms with Crippen molar-refractivity contribution >= 4 is 11.9 Å². The summed E-state index contributed by atoms with van der Waals surface area (Å²) in [6, 6.07) is 0. The lowest BCUT2D eigenvalue weighted by Gasteiger charge is -2.15. The van der Waals surface area contributed by atoms with Crippen molar-refractivity contribution in [2.45, 2.75) is 161 Å². The van der Waals surface area contributed by atoms with Gasteiger partial charge >= 0.3 is 11.9 Å². The van der Waals surface area contributed by atoms with Gasteiger partial charge in [0.05, 0.1) is 6.61 Å². The van der Waals surface area contributed by atoms with Crippen LogP contribution in [0.3, 0.4) is 0 Å². The van der Waals surface area contributed by atoms with Gasteiger partial charge in [-0.15, -0.1) is 0 Å². The van der Waals surface area contributed by atoms with E-state index in [0.717, 1.165) is 70.6 Å². The molecule has 0 heterocycles. The number of hydrogen-bond donors (Lipinski definition) is 1. The third-order valence-electron chi connectivity index (χ3n) is 7.30. The molecule has 0 rings (SSSR count). The van der Waals surface area contributed by atoms with Gasteiger partial charge in [0.1, 0.15) is 6.61 Å². The van der Waals surface area contributed by atoms with Gasteiger partial charge in [-0.2, -0.15) is 0 Å². The van der Waals surface area contributed by atoms with Crippen LogP contribution in [0.1, 0.15) is 155 Å². The summed E-state index contributed by atoms with van der Waals surface area (Å²) in [5, 5.41) is 9.52. The summed E-state index contributed by atoms with van der Waals surface area (Å²) in [6.45, 7) is 3.95. The van der Waals surface area contributed by atoms with Gasteiger partial charge in [-0.1, -0.05) is 126 Å². The first-order chi connectivity index (χ1) is 21.6. The van der Waals surface area contributed by atoms with Crippen molar-refractivity contribution in [1.29, 1.82) is 0 Å². The smallest absolute Gasteiger partial charge is 0.306 e. The second kappa shape index (κ2) is 35.1. The van der Waals surface area contributed by atoms with Gasteiger partial charge in [0.15, 0.2) is 6.10 Å². The Morgan fingerprint density at radius 3 is 1.55 bits per heavy atom. The fourth-order valence-corrected chi connectivity index (χ4v) is 4.60. The number of esters is 2. The number of unbranched alkanes of at least 4 members (excludes halogenated alkanes) is 13. The number of rotatable bonds is 31. The molecule has 0 aliphatic heterocycles. The zero-order valence-electron chi connectivity index (χ0n) is 28.4. The highest BCUT2D eigenvalue weighted by Gasteiger charge is 2.16. The van der Waals surface area contributed by atoms with Crippen molar-refractivity contribution in [2.75, 3.05) is 13.2 Å². The van der Waals surface area contributed by atoms with E-state index in [2.05, 4.69) is 74.6 Å². The number of carbonyl (C=O) groups excluding carboxylic acids is 2. The van der Waals surface area contributed by atoms with Gasteiger partial charge in [-0.25, -0.2) is 0 Å². The van der Waals surface area contributed by atoms with E-state index in [1.165, 1.54) is 57.8 Å². The minimum absolute atomic E-state index is 0.0929. The standard InChI is InChI=1S/C39H66O5/c1-3-5-7-9-11-13-15-17-19-21-23-25-27-29-31-33-38(41)43-36-37(35-40)44-39(42)34-32-30-28-26-24-22-20-18-16-14-12-10-8-6-4-2/h5,7,11,13,17-20,23,25,37,40H,3-4,6,8-10,12,14-16,21-22,24,26-36H2,1-2H3. The molecule has 0 radical (unpaired) electrons. The predicted octanol–water partition coefficient (Wildman–Crippen LogP) is 10.8. The van der Waals surface area contributed by atoms with Crippen LogP contribution in [0.4, 0.5) is 0 Å². The third-order valence-corrected chi connectivity index (χ3v) is 7.30. The highest BCUT2D eigenvalue weighted by atomic mass is 16.6. The molecule has 0 aromatic heterocycles. The second-order valence-corrected chi connectivity index (χ2v) is 11.6.